The largest absolute Gasteiger partial charge is 0.476 e. The Hall–Kier alpha value is -1.94. The molecule has 2 aromatic rings. The predicted molar refractivity (Wildman–Crippen MR) is 82.1 cm³/mol. The van der Waals surface area contributed by atoms with Crippen LogP contribution in [-0.2, 0) is 6.54 Å². The van der Waals surface area contributed by atoms with Crippen LogP contribution >= 0.6 is 0 Å². The van der Waals surface area contributed by atoms with Crippen molar-refractivity contribution < 1.29 is 4.74 Å². The van der Waals surface area contributed by atoms with E-state index in [4.69, 9.17) is 4.74 Å². The number of hydrogen-bond acceptors (Lipinski definition) is 4. The second-order valence-corrected chi connectivity index (χ2v) is 5.73. The van der Waals surface area contributed by atoms with E-state index in [0.717, 1.165) is 26.2 Å². The molecule has 0 aliphatic carbocycles. The molecule has 21 heavy (non-hydrogen) atoms. The average Bonchev–Trinajstić information content (AvgIpc) is 2.96. The van der Waals surface area contributed by atoms with Gasteiger partial charge in [0, 0.05) is 31.4 Å². The van der Waals surface area contributed by atoms with E-state index in [1.165, 1.54) is 17.5 Å². The summed E-state index contributed by atoms with van der Waals surface area (Å²) in [5.74, 6) is 1.20. The van der Waals surface area contributed by atoms with Gasteiger partial charge < -0.3 is 4.74 Å². The maximum Gasteiger partial charge on any atom is 0.232 e. The van der Waals surface area contributed by atoms with Gasteiger partial charge in [-0.2, -0.15) is 0 Å². The van der Waals surface area contributed by atoms with Crippen LogP contribution in [-0.4, -0.2) is 34.6 Å². The molecule has 4 heteroatoms. The monoisotopic (exact) mass is 283 g/mol. The molecular formula is C17H21N3O. The molecule has 0 amide bonds. The number of hydrogen-bond donors (Lipinski definition) is 0. The van der Waals surface area contributed by atoms with Gasteiger partial charge in [-0.25, -0.2) is 4.98 Å². The number of ether oxygens (including phenoxy) is 1. The first kappa shape index (κ1) is 14.0. The molecule has 0 bridgehead atoms. The lowest BCUT2D eigenvalue weighted by Gasteiger charge is -2.16. The van der Waals surface area contributed by atoms with Gasteiger partial charge in [-0.1, -0.05) is 29.8 Å². The van der Waals surface area contributed by atoms with Crippen LogP contribution in [0, 0.1) is 12.8 Å². The van der Waals surface area contributed by atoms with Crippen LogP contribution in [0.25, 0.3) is 0 Å². The Balaban J connectivity index is 1.46. The molecule has 3 rings (SSSR count). The lowest BCUT2D eigenvalue weighted by atomic mass is 10.1. The molecule has 0 N–H and O–H groups in total. The SMILES string of the molecule is Cc1ccc(CN2CCC(COc3cnccn3)C2)cc1. The number of benzene rings is 1. The number of rotatable bonds is 5. The van der Waals surface area contributed by atoms with Crippen molar-refractivity contribution in [2.24, 2.45) is 5.92 Å². The zero-order valence-electron chi connectivity index (χ0n) is 12.4. The highest BCUT2D eigenvalue weighted by molar-refractivity contribution is 5.21. The average molecular weight is 283 g/mol. The second kappa shape index (κ2) is 6.68. The summed E-state index contributed by atoms with van der Waals surface area (Å²) in [5, 5.41) is 0. The van der Waals surface area contributed by atoms with Gasteiger partial charge in [0.25, 0.3) is 0 Å². The summed E-state index contributed by atoms with van der Waals surface area (Å²) in [6.07, 6.45) is 6.17. The van der Waals surface area contributed by atoms with Crippen molar-refractivity contribution in [3.8, 4) is 5.88 Å². The maximum absolute atomic E-state index is 5.70. The molecule has 1 saturated heterocycles. The van der Waals surface area contributed by atoms with Gasteiger partial charge in [0.2, 0.25) is 5.88 Å². The van der Waals surface area contributed by atoms with Crippen LogP contribution in [0.3, 0.4) is 0 Å². The van der Waals surface area contributed by atoms with Crippen molar-refractivity contribution in [1.82, 2.24) is 14.9 Å². The van der Waals surface area contributed by atoms with Crippen molar-refractivity contribution in [3.05, 3.63) is 54.0 Å². The van der Waals surface area contributed by atoms with Crippen LogP contribution in [0.4, 0.5) is 0 Å². The highest BCUT2D eigenvalue weighted by Crippen LogP contribution is 2.19. The standard InChI is InChI=1S/C17H21N3O/c1-14-2-4-15(5-3-14)11-20-9-6-16(12-20)13-21-17-10-18-7-8-19-17/h2-5,7-8,10,16H,6,9,11-13H2,1H3. The van der Waals surface area contributed by atoms with E-state index >= 15 is 0 Å². The Bertz CT molecular complexity index is 556. The van der Waals surface area contributed by atoms with Gasteiger partial charge in [-0.15, -0.1) is 0 Å². The molecule has 2 heterocycles. The molecule has 1 aliphatic heterocycles. The predicted octanol–water partition coefficient (Wildman–Crippen LogP) is 2.69. The maximum atomic E-state index is 5.70. The van der Waals surface area contributed by atoms with Crippen LogP contribution < -0.4 is 4.74 Å². The molecule has 1 aliphatic rings. The number of nitrogens with zero attached hydrogens (tertiary/aromatic N) is 3. The summed E-state index contributed by atoms with van der Waals surface area (Å²) in [7, 11) is 0. The Morgan fingerprint density at radius 1 is 1.24 bits per heavy atom. The fourth-order valence-corrected chi connectivity index (χ4v) is 2.71. The van der Waals surface area contributed by atoms with Crippen molar-refractivity contribution in [1.29, 1.82) is 0 Å². The Morgan fingerprint density at radius 2 is 2.10 bits per heavy atom. The smallest absolute Gasteiger partial charge is 0.232 e. The number of likely N-dealkylation sites (tertiary alicyclic amines) is 1. The number of aryl methyl sites for hydroxylation is 1. The van der Waals surface area contributed by atoms with Gasteiger partial charge >= 0.3 is 0 Å². The van der Waals surface area contributed by atoms with E-state index in [2.05, 4.69) is 46.1 Å². The first-order chi connectivity index (χ1) is 10.3. The molecule has 1 atom stereocenters. The lowest BCUT2D eigenvalue weighted by molar-refractivity contribution is 0.231. The van der Waals surface area contributed by atoms with E-state index in [1.807, 2.05) is 0 Å². The summed E-state index contributed by atoms with van der Waals surface area (Å²) in [5.41, 5.74) is 2.70. The summed E-state index contributed by atoms with van der Waals surface area (Å²) in [6.45, 7) is 6.11. The Kier molecular flexibility index (Phi) is 4.46. The van der Waals surface area contributed by atoms with Gasteiger partial charge in [0.15, 0.2) is 0 Å². The zero-order valence-corrected chi connectivity index (χ0v) is 12.4. The van der Waals surface area contributed by atoms with E-state index in [-0.39, 0.29) is 0 Å². The van der Waals surface area contributed by atoms with Crippen molar-refractivity contribution in [2.45, 2.75) is 19.9 Å². The molecule has 1 unspecified atom stereocenters. The highest BCUT2D eigenvalue weighted by Gasteiger charge is 2.23. The fraction of sp³-hybridized carbons (Fsp3) is 0.412. The minimum atomic E-state index is 0.581. The van der Waals surface area contributed by atoms with Crippen LogP contribution in [0.5, 0.6) is 5.88 Å². The minimum absolute atomic E-state index is 0.581. The summed E-state index contributed by atoms with van der Waals surface area (Å²) in [6, 6.07) is 8.80. The third kappa shape index (κ3) is 4.02. The van der Waals surface area contributed by atoms with Gasteiger partial charge in [-0.3, -0.25) is 9.88 Å². The summed E-state index contributed by atoms with van der Waals surface area (Å²) in [4.78, 5) is 10.6. The molecule has 1 aromatic heterocycles. The molecule has 0 spiro atoms. The first-order valence-electron chi connectivity index (χ1n) is 7.46. The molecule has 1 aromatic carbocycles. The Morgan fingerprint density at radius 3 is 2.86 bits per heavy atom. The quantitative estimate of drug-likeness (QED) is 0.845. The fourth-order valence-electron chi connectivity index (χ4n) is 2.71. The van der Waals surface area contributed by atoms with Gasteiger partial charge in [0.05, 0.1) is 12.8 Å². The van der Waals surface area contributed by atoms with Gasteiger partial charge in [0.1, 0.15) is 0 Å². The molecule has 0 saturated carbocycles. The third-order valence-electron chi connectivity index (χ3n) is 3.90. The molecule has 110 valence electrons. The highest BCUT2D eigenvalue weighted by atomic mass is 16.5. The van der Waals surface area contributed by atoms with E-state index in [1.54, 1.807) is 18.6 Å². The summed E-state index contributed by atoms with van der Waals surface area (Å²) < 4.78 is 5.70. The summed E-state index contributed by atoms with van der Waals surface area (Å²) >= 11 is 0. The van der Waals surface area contributed by atoms with E-state index in [9.17, 15) is 0 Å². The number of aromatic nitrogens is 2. The van der Waals surface area contributed by atoms with Crippen LogP contribution in [0.1, 0.15) is 17.5 Å². The Labute approximate surface area is 125 Å². The lowest BCUT2D eigenvalue weighted by Crippen LogP contribution is -2.22. The van der Waals surface area contributed by atoms with E-state index in [0.29, 0.717) is 11.8 Å². The van der Waals surface area contributed by atoms with Crippen LogP contribution in [0.2, 0.25) is 0 Å². The molecular weight excluding hydrogens is 262 g/mol. The van der Waals surface area contributed by atoms with Crippen molar-refractivity contribution in [2.75, 3.05) is 19.7 Å². The second-order valence-electron chi connectivity index (χ2n) is 5.73. The van der Waals surface area contributed by atoms with E-state index < -0.39 is 0 Å². The topological polar surface area (TPSA) is 38.2 Å². The van der Waals surface area contributed by atoms with Gasteiger partial charge in [-0.05, 0) is 25.5 Å². The molecule has 1 fully saturated rings. The van der Waals surface area contributed by atoms with Crippen molar-refractivity contribution in [3.63, 3.8) is 0 Å². The molecule has 4 nitrogen and oxygen atoms in total. The first-order valence-corrected chi connectivity index (χ1v) is 7.46. The zero-order chi connectivity index (χ0) is 14.5. The minimum Gasteiger partial charge on any atom is -0.476 e. The molecule has 0 radical (unpaired) electrons. The third-order valence-corrected chi connectivity index (χ3v) is 3.90. The van der Waals surface area contributed by atoms with Crippen LogP contribution in [0.15, 0.2) is 42.9 Å². The normalized spacial score (nSPS) is 18.8. The van der Waals surface area contributed by atoms with Crippen molar-refractivity contribution >= 4 is 0 Å².